The Morgan fingerprint density at radius 3 is 2.68 bits per heavy atom. The molecule has 0 saturated heterocycles. The lowest BCUT2D eigenvalue weighted by atomic mass is 10.0. The predicted octanol–water partition coefficient (Wildman–Crippen LogP) is 3.43. The summed E-state index contributed by atoms with van der Waals surface area (Å²) in [5, 5.41) is 10.4. The highest BCUT2D eigenvalue weighted by atomic mass is 35.5. The fourth-order valence-corrected chi connectivity index (χ4v) is 3.28. The number of nitrogens with one attached hydrogen (secondary N) is 2. The van der Waals surface area contributed by atoms with E-state index >= 15 is 0 Å². The summed E-state index contributed by atoms with van der Waals surface area (Å²) in [6.07, 6.45) is 1.19. The monoisotopic (exact) mass is 395 g/mol. The number of hydrogen-bond acceptors (Lipinski definition) is 4. The summed E-state index contributed by atoms with van der Waals surface area (Å²) in [5.74, 6) is 0.159. The van der Waals surface area contributed by atoms with E-state index < -0.39 is 0 Å². The quantitative estimate of drug-likeness (QED) is 0.692. The third kappa shape index (κ3) is 4.04. The van der Waals surface area contributed by atoms with Gasteiger partial charge in [-0.2, -0.15) is 4.98 Å². The summed E-state index contributed by atoms with van der Waals surface area (Å²) in [6, 6.07) is 16.7. The van der Waals surface area contributed by atoms with E-state index in [0.717, 1.165) is 11.1 Å². The second-order valence-electron chi connectivity index (χ2n) is 6.56. The minimum Gasteiger partial charge on any atom is -0.295 e. The van der Waals surface area contributed by atoms with Crippen LogP contribution in [0, 0.1) is 0 Å². The van der Waals surface area contributed by atoms with Crippen LogP contribution in [0.2, 0.25) is 5.02 Å². The average Bonchev–Trinajstić information content (AvgIpc) is 3.09. The number of carbonyl (C=O) groups excluding carboxylic acids is 2. The number of nitrogens with zero attached hydrogens (tertiary/aromatic N) is 3. The Kier molecular flexibility index (Phi) is 5.08. The van der Waals surface area contributed by atoms with Crippen molar-refractivity contribution >= 4 is 35.3 Å². The van der Waals surface area contributed by atoms with Gasteiger partial charge in [0, 0.05) is 11.4 Å². The number of anilines is 2. The van der Waals surface area contributed by atoms with Gasteiger partial charge in [0.15, 0.2) is 0 Å². The van der Waals surface area contributed by atoms with Crippen LogP contribution in [0.15, 0.2) is 54.6 Å². The van der Waals surface area contributed by atoms with Gasteiger partial charge in [0.05, 0.1) is 12.5 Å². The van der Waals surface area contributed by atoms with Crippen molar-refractivity contribution in [2.75, 3.05) is 10.6 Å². The van der Waals surface area contributed by atoms with Gasteiger partial charge in [-0.3, -0.25) is 20.2 Å². The summed E-state index contributed by atoms with van der Waals surface area (Å²) in [6.45, 7) is 0. The van der Waals surface area contributed by atoms with Crippen LogP contribution in [0.3, 0.4) is 0 Å². The first-order valence-corrected chi connectivity index (χ1v) is 9.32. The number of fused-ring (bicyclic) bond motifs is 1. The highest BCUT2D eigenvalue weighted by molar-refractivity contribution is 6.30. The average molecular weight is 396 g/mol. The first-order chi connectivity index (χ1) is 13.6. The molecule has 0 fully saturated rings. The van der Waals surface area contributed by atoms with Gasteiger partial charge < -0.3 is 0 Å². The Morgan fingerprint density at radius 2 is 1.93 bits per heavy atom. The first kappa shape index (κ1) is 18.2. The molecule has 4 rings (SSSR count). The third-order valence-corrected chi connectivity index (χ3v) is 4.80. The van der Waals surface area contributed by atoms with Crippen LogP contribution in [-0.2, 0) is 16.0 Å². The van der Waals surface area contributed by atoms with Crippen molar-refractivity contribution in [3.05, 3.63) is 70.7 Å². The van der Waals surface area contributed by atoms with Gasteiger partial charge in [-0.15, -0.1) is 5.10 Å². The SMILES string of the molecule is O=C(CCc1ccccc1)Nc1nc2n(n1)[C@H](c1ccc(Cl)cc1)CC(=O)N2. The molecule has 0 bridgehead atoms. The van der Waals surface area contributed by atoms with E-state index in [-0.39, 0.29) is 30.2 Å². The fraction of sp³-hybridized carbons (Fsp3) is 0.200. The maximum Gasteiger partial charge on any atom is 0.250 e. The molecular weight excluding hydrogens is 378 g/mol. The molecule has 2 amide bonds. The summed E-state index contributed by atoms with van der Waals surface area (Å²) >= 11 is 5.95. The zero-order valence-corrected chi connectivity index (χ0v) is 15.7. The van der Waals surface area contributed by atoms with Gasteiger partial charge in [-0.05, 0) is 29.7 Å². The zero-order valence-electron chi connectivity index (χ0n) is 14.9. The summed E-state index contributed by atoms with van der Waals surface area (Å²) in [4.78, 5) is 28.6. The van der Waals surface area contributed by atoms with Crippen LogP contribution in [0.5, 0.6) is 0 Å². The number of benzene rings is 2. The molecule has 7 nitrogen and oxygen atoms in total. The van der Waals surface area contributed by atoms with Crippen molar-refractivity contribution in [3.63, 3.8) is 0 Å². The Labute approximate surface area is 166 Å². The number of aryl methyl sites for hydroxylation is 1. The third-order valence-electron chi connectivity index (χ3n) is 4.55. The van der Waals surface area contributed by atoms with E-state index in [2.05, 4.69) is 20.7 Å². The first-order valence-electron chi connectivity index (χ1n) is 8.94. The van der Waals surface area contributed by atoms with E-state index in [1.54, 1.807) is 16.8 Å². The summed E-state index contributed by atoms with van der Waals surface area (Å²) < 4.78 is 1.62. The smallest absolute Gasteiger partial charge is 0.250 e. The Morgan fingerprint density at radius 1 is 1.18 bits per heavy atom. The molecular formula is C20H18ClN5O2. The molecule has 1 aromatic heterocycles. The van der Waals surface area contributed by atoms with Gasteiger partial charge in [-0.25, -0.2) is 4.68 Å². The molecule has 2 heterocycles. The number of aromatic nitrogens is 3. The Bertz CT molecular complexity index is 1000. The molecule has 0 aliphatic carbocycles. The van der Waals surface area contributed by atoms with Crippen molar-refractivity contribution in [2.24, 2.45) is 0 Å². The van der Waals surface area contributed by atoms with Crippen molar-refractivity contribution < 1.29 is 9.59 Å². The fourth-order valence-electron chi connectivity index (χ4n) is 3.15. The molecule has 0 radical (unpaired) electrons. The van der Waals surface area contributed by atoms with Crippen molar-refractivity contribution in [1.82, 2.24) is 14.8 Å². The van der Waals surface area contributed by atoms with Crippen LogP contribution in [0.1, 0.15) is 30.0 Å². The van der Waals surface area contributed by atoms with E-state index in [0.29, 0.717) is 23.8 Å². The highest BCUT2D eigenvalue weighted by Crippen LogP contribution is 2.30. The molecule has 2 N–H and O–H groups in total. The second kappa shape index (κ2) is 7.82. The molecule has 2 aromatic carbocycles. The molecule has 0 unspecified atom stereocenters. The second-order valence-corrected chi connectivity index (χ2v) is 6.99. The van der Waals surface area contributed by atoms with Gasteiger partial charge in [0.25, 0.3) is 5.95 Å². The number of carbonyl (C=O) groups is 2. The van der Waals surface area contributed by atoms with E-state index in [1.165, 1.54) is 0 Å². The van der Waals surface area contributed by atoms with E-state index in [9.17, 15) is 9.59 Å². The molecule has 142 valence electrons. The number of halogens is 1. The van der Waals surface area contributed by atoms with Crippen LogP contribution in [0.4, 0.5) is 11.9 Å². The van der Waals surface area contributed by atoms with E-state index in [1.807, 2.05) is 42.5 Å². The Balaban J connectivity index is 1.48. The topological polar surface area (TPSA) is 88.9 Å². The van der Waals surface area contributed by atoms with Gasteiger partial charge in [0.2, 0.25) is 17.8 Å². The molecule has 1 aliphatic heterocycles. The number of rotatable bonds is 5. The number of amides is 2. The van der Waals surface area contributed by atoms with Crippen molar-refractivity contribution in [1.29, 1.82) is 0 Å². The molecule has 0 spiro atoms. The normalized spacial score (nSPS) is 15.6. The lowest BCUT2D eigenvalue weighted by Crippen LogP contribution is -2.29. The standard InChI is InChI=1S/C20H18ClN5O2/c21-15-9-7-14(8-10-15)16-12-18(28)23-20-24-19(25-26(16)20)22-17(27)11-6-13-4-2-1-3-5-13/h1-5,7-10,16H,6,11-12H2,(H2,22,23,24,25,27,28)/t16-/m0/s1. The Hall–Kier alpha value is -3.19. The molecule has 0 saturated carbocycles. The molecule has 8 heteroatoms. The maximum atomic E-state index is 12.2. The predicted molar refractivity (Wildman–Crippen MR) is 106 cm³/mol. The highest BCUT2D eigenvalue weighted by Gasteiger charge is 2.29. The van der Waals surface area contributed by atoms with Crippen LogP contribution in [-0.4, -0.2) is 26.6 Å². The van der Waals surface area contributed by atoms with Gasteiger partial charge in [0.1, 0.15) is 0 Å². The summed E-state index contributed by atoms with van der Waals surface area (Å²) in [5.41, 5.74) is 1.98. The molecule has 1 atom stereocenters. The minimum atomic E-state index is -0.302. The molecule has 28 heavy (non-hydrogen) atoms. The van der Waals surface area contributed by atoms with Crippen molar-refractivity contribution in [3.8, 4) is 0 Å². The largest absolute Gasteiger partial charge is 0.295 e. The maximum absolute atomic E-state index is 12.2. The van der Waals surface area contributed by atoms with Crippen LogP contribution in [0.25, 0.3) is 0 Å². The van der Waals surface area contributed by atoms with E-state index in [4.69, 9.17) is 11.6 Å². The number of hydrogen-bond donors (Lipinski definition) is 2. The minimum absolute atomic E-state index is 0.151. The molecule has 1 aliphatic rings. The van der Waals surface area contributed by atoms with Crippen molar-refractivity contribution in [2.45, 2.75) is 25.3 Å². The summed E-state index contributed by atoms with van der Waals surface area (Å²) in [7, 11) is 0. The van der Waals surface area contributed by atoms with Gasteiger partial charge in [-0.1, -0.05) is 54.1 Å². The lowest BCUT2D eigenvalue weighted by Gasteiger charge is -2.23. The zero-order chi connectivity index (χ0) is 19.5. The van der Waals surface area contributed by atoms with Crippen LogP contribution >= 0.6 is 11.6 Å². The van der Waals surface area contributed by atoms with Crippen LogP contribution < -0.4 is 10.6 Å². The van der Waals surface area contributed by atoms with Gasteiger partial charge >= 0.3 is 0 Å². The lowest BCUT2D eigenvalue weighted by molar-refractivity contribution is -0.117. The molecule has 3 aromatic rings.